The number of hydrogen-bond acceptors (Lipinski definition) is 4. The van der Waals surface area contributed by atoms with Crippen LogP contribution in [0.5, 0.6) is 0 Å². The van der Waals surface area contributed by atoms with E-state index in [9.17, 15) is 14.9 Å². The molecule has 1 aromatic rings. The molecule has 0 radical (unpaired) electrons. The molecule has 2 atom stereocenters. The molecule has 0 aromatic heterocycles. The van der Waals surface area contributed by atoms with E-state index in [1.807, 2.05) is 12.1 Å². The zero-order chi connectivity index (χ0) is 14.8. The predicted molar refractivity (Wildman–Crippen MR) is 78.9 cm³/mol. The van der Waals surface area contributed by atoms with Crippen molar-refractivity contribution in [2.75, 3.05) is 6.54 Å². The predicted octanol–water partition coefficient (Wildman–Crippen LogP) is 2.93. The van der Waals surface area contributed by atoms with Gasteiger partial charge >= 0.3 is 0 Å². The van der Waals surface area contributed by atoms with E-state index in [1.165, 1.54) is 0 Å². The summed E-state index contributed by atoms with van der Waals surface area (Å²) in [6.45, 7) is 1.51. The first kappa shape index (κ1) is 14.2. The van der Waals surface area contributed by atoms with Crippen molar-refractivity contribution >= 4 is 11.5 Å². The molecule has 5 heteroatoms. The van der Waals surface area contributed by atoms with Crippen molar-refractivity contribution in [3.63, 3.8) is 0 Å². The van der Waals surface area contributed by atoms with E-state index < -0.39 is 0 Å². The number of para-hydroxylation sites is 1. The van der Waals surface area contributed by atoms with Crippen molar-refractivity contribution in [3.05, 3.63) is 39.9 Å². The van der Waals surface area contributed by atoms with Gasteiger partial charge in [0.25, 0.3) is 5.69 Å². The highest BCUT2D eigenvalue weighted by Gasteiger charge is 2.38. The first-order valence-electron chi connectivity index (χ1n) is 7.66. The van der Waals surface area contributed by atoms with E-state index in [4.69, 9.17) is 0 Å². The molecule has 1 aromatic carbocycles. The number of ketones is 1. The summed E-state index contributed by atoms with van der Waals surface area (Å²) in [7, 11) is 0. The van der Waals surface area contributed by atoms with Crippen LogP contribution in [0.25, 0.3) is 0 Å². The molecule has 2 unspecified atom stereocenters. The molecule has 0 N–H and O–H groups in total. The number of Topliss-reactive ketones (excluding diaryl/α,β-unsaturated/α-hetero) is 1. The molecule has 1 aliphatic heterocycles. The summed E-state index contributed by atoms with van der Waals surface area (Å²) in [6.07, 6.45) is 4.81. The molecule has 2 fully saturated rings. The number of hydrogen-bond donors (Lipinski definition) is 0. The van der Waals surface area contributed by atoms with Gasteiger partial charge in [0.1, 0.15) is 5.78 Å². The minimum Gasteiger partial charge on any atom is -0.299 e. The van der Waals surface area contributed by atoms with Gasteiger partial charge in [0, 0.05) is 36.6 Å². The average Bonchev–Trinajstić information content (AvgIpc) is 3.08. The summed E-state index contributed by atoms with van der Waals surface area (Å²) in [6, 6.07) is 7.20. The Bertz CT molecular complexity index is 558. The fourth-order valence-corrected chi connectivity index (χ4v) is 3.79. The summed E-state index contributed by atoms with van der Waals surface area (Å²) in [5.41, 5.74) is 0.931. The van der Waals surface area contributed by atoms with Crippen molar-refractivity contribution in [1.29, 1.82) is 0 Å². The average molecular weight is 288 g/mol. The highest BCUT2D eigenvalue weighted by Crippen LogP contribution is 2.34. The fourth-order valence-electron chi connectivity index (χ4n) is 3.79. The number of carbonyl (C=O) groups excluding carboxylic acids is 1. The number of nitrogens with zero attached hydrogens (tertiary/aromatic N) is 2. The summed E-state index contributed by atoms with van der Waals surface area (Å²) < 4.78 is 0. The smallest absolute Gasteiger partial charge is 0.273 e. The summed E-state index contributed by atoms with van der Waals surface area (Å²) in [4.78, 5) is 25.1. The zero-order valence-electron chi connectivity index (χ0n) is 12.0. The van der Waals surface area contributed by atoms with Gasteiger partial charge in [-0.25, -0.2) is 0 Å². The maximum atomic E-state index is 12.0. The van der Waals surface area contributed by atoms with Crippen LogP contribution in [0.2, 0.25) is 0 Å². The number of nitro benzene ring substituents is 1. The lowest BCUT2D eigenvalue weighted by Gasteiger charge is -2.28. The van der Waals surface area contributed by atoms with Gasteiger partial charge in [-0.1, -0.05) is 18.2 Å². The van der Waals surface area contributed by atoms with Crippen LogP contribution in [0.4, 0.5) is 5.69 Å². The lowest BCUT2D eigenvalue weighted by Crippen LogP contribution is -2.37. The van der Waals surface area contributed by atoms with E-state index in [0.717, 1.165) is 37.8 Å². The van der Waals surface area contributed by atoms with Crippen LogP contribution in [0.3, 0.4) is 0 Å². The molecule has 0 spiro atoms. The summed E-state index contributed by atoms with van der Waals surface area (Å²) >= 11 is 0. The second-order valence-electron chi connectivity index (χ2n) is 6.03. The van der Waals surface area contributed by atoms with Gasteiger partial charge in [0.15, 0.2) is 0 Å². The van der Waals surface area contributed by atoms with Crippen LogP contribution in [0.1, 0.15) is 37.7 Å². The maximum absolute atomic E-state index is 12.0. The lowest BCUT2D eigenvalue weighted by molar-refractivity contribution is -0.385. The van der Waals surface area contributed by atoms with Crippen molar-refractivity contribution in [2.24, 2.45) is 5.92 Å². The first-order valence-corrected chi connectivity index (χ1v) is 7.66. The standard InChI is InChI=1S/C16H20N2O3/c19-16-9-3-6-13(16)15-8-4-10-17(15)11-12-5-1-2-7-14(12)18(20)21/h1-2,5,7,13,15H,3-4,6,8-11H2. The van der Waals surface area contributed by atoms with Gasteiger partial charge in [-0.2, -0.15) is 0 Å². The highest BCUT2D eigenvalue weighted by atomic mass is 16.6. The van der Waals surface area contributed by atoms with Gasteiger partial charge < -0.3 is 0 Å². The molecule has 1 saturated heterocycles. The van der Waals surface area contributed by atoms with E-state index in [1.54, 1.807) is 12.1 Å². The van der Waals surface area contributed by atoms with Gasteiger partial charge in [-0.3, -0.25) is 19.8 Å². The van der Waals surface area contributed by atoms with Crippen LogP contribution in [-0.4, -0.2) is 28.2 Å². The molecule has 1 saturated carbocycles. The minimum atomic E-state index is -0.318. The monoisotopic (exact) mass is 288 g/mol. The minimum absolute atomic E-state index is 0.148. The first-order chi connectivity index (χ1) is 10.2. The normalized spacial score (nSPS) is 26.4. The van der Waals surface area contributed by atoms with Crippen molar-refractivity contribution in [3.8, 4) is 0 Å². The van der Waals surface area contributed by atoms with Crippen LogP contribution in [0, 0.1) is 16.0 Å². The van der Waals surface area contributed by atoms with Crippen LogP contribution in [-0.2, 0) is 11.3 Å². The van der Waals surface area contributed by atoms with Crippen molar-refractivity contribution in [1.82, 2.24) is 4.90 Å². The van der Waals surface area contributed by atoms with E-state index in [-0.39, 0.29) is 22.6 Å². The van der Waals surface area contributed by atoms with Gasteiger partial charge in [-0.15, -0.1) is 0 Å². The van der Waals surface area contributed by atoms with Crippen LogP contribution in [0.15, 0.2) is 24.3 Å². The topological polar surface area (TPSA) is 63.5 Å². The summed E-state index contributed by atoms with van der Waals surface area (Å²) in [5.74, 6) is 0.532. The Labute approximate surface area is 124 Å². The van der Waals surface area contributed by atoms with E-state index in [0.29, 0.717) is 18.7 Å². The second kappa shape index (κ2) is 5.93. The molecule has 0 bridgehead atoms. The Balaban J connectivity index is 1.78. The van der Waals surface area contributed by atoms with Gasteiger partial charge in [0.2, 0.25) is 0 Å². The molecule has 3 rings (SSSR count). The number of rotatable bonds is 4. The van der Waals surface area contributed by atoms with Gasteiger partial charge in [0.05, 0.1) is 4.92 Å². The quantitative estimate of drug-likeness (QED) is 0.631. The molecule has 5 nitrogen and oxygen atoms in total. The van der Waals surface area contributed by atoms with Crippen LogP contribution < -0.4 is 0 Å². The Kier molecular flexibility index (Phi) is 4.01. The lowest BCUT2D eigenvalue weighted by atomic mass is 9.95. The number of benzene rings is 1. The molecule has 1 heterocycles. The number of nitro groups is 1. The third-order valence-corrected chi connectivity index (χ3v) is 4.79. The molecule has 1 aliphatic carbocycles. The molecule has 21 heavy (non-hydrogen) atoms. The third kappa shape index (κ3) is 2.83. The Morgan fingerprint density at radius 1 is 1.24 bits per heavy atom. The zero-order valence-corrected chi connectivity index (χ0v) is 12.0. The van der Waals surface area contributed by atoms with Crippen LogP contribution >= 0.6 is 0 Å². The molecule has 0 amide bonds. The van der Waals surface area contributed by atoms with E-state index >= 15 is 0 Å². The number of carbonyl (C=O) groups is 1. The summed E-state index contributed by atoms with van der Waals surface area (Å²) in [5, 5.41) is 11.1. The molecule has 112 valence electrons. The molecular formula is C16H20N2O3. The molecule has 2 aliphatic rings. The number of likely N-dealkylation sites (tertiary alicyclic amines) is 1. The SMILES string of the molecule is O=C1CCCC1C1CCCN1Cc1ccccc1[N+](=O)[O-]. The highest BCUT2D eigenvalue weighted by molar-refractivity contribution is 5.83. The van der Waals surface area contributed by atoms with Crippen molar-refractivity contribution < 1.29 is 9.72 Å². The third-order valence-electron chi connectivity index (χ3n) is 4.79. The molecular weight excluding hydrogens is 268 g/mol. The Morgan fingerprint density at radius 3 is 2.76 bits per heavy atom. The van der Waals surface area contributed by atoms with Gasteiger partial charge in [-0.05, 0) is 32.2 Å². The Morgan fingerprint density at radius 2 is 2.05 bits per heavy atom. The second-order valence-corrected chi connectivity index (χ2v) is 6.03. The van der Waals surface area contributed by atoms with Crippen molar-refractivity contribution in [2.45, 2.75) is 44.7 Å². The largest absolute Gasteiger partial charge is 0.299 e. The fraction of sp³-hybridized carbons (Fsp3) is 0.562. The van der Waals surface area contributed by atoms with E-state index in [2.05, 4.69) is 4.90 Å². The maximum Gasteiger partial charge on any atom is 0.273 e. The Hall–Kier alpha value is -1.75.